The second-order valence-electron chi connectivity index (χ2n) is 5.02. The van der Waals surface area contributed by atoms with Crippen molar-refractivity contribution in [3.63, 3.8) is 0 Å². The van der Waals surface area contributed by atoms with Gasteiger partial charge in [-0.25, -0.2) is 0 Å². The molecule has 1 saturated carbocycles. The largest absolute Gasteiger partial charge is 0.396 e. The van der Waals surface area contributed by atoms with Crippen molar-refractivity contribution in [2.24, 2.45) is 17.3 Å². The molecule has 2 aliphatic rings. The molecular formula is C11H17NO3. The molecule has 4 nitrogen and oxygen atoms in total. The third kappa shape index (κ3) is 1.24. The zero-order chi connectivity index (χ0) is 11.4. The van der Waals surface area contributed by atoms with Gasteiger partial charge in [0.1, 0.15) is 0 Å². The fourth-order valence-electron chi connectivity index (χ4n) is 3.14. The topological polar surface area (TPSA) is 57.6 Å². The maximum atomic E-state index is 11.5. The monoisotopic (exact) mass is 211 g/mol. The van der Waals surface area contributed by atoms with Gasteiger partial charge in [0.05, 0.1) is 6.04 Å². The molecule has 1 N–H and O–H groups in total. The van der Waals surface area contributed by atoms with Crippen LogP contribution in [0.5, 0.6) is 0 Å². The van der Waals surface area contributed by atoms with Crippen molar-refractivity contribution in [3.8, 4) is 0 Å². The van der Waals surface area contributed by atoms with E-state index in [-0.39, 0.29) is 35.7 Å². The molecule has 4 heteroatoms. The van der Waals surface area contributed by atoms with Gasteiger partial charge in [0.25, 0.3) is 0 Å². The van der Waals surface area contributed by atoms with E-state index in [1.807, 2.05) is 6.92 Å². The molecule has 0 aromatic rings. The molecule has 0 bridgehead atoms. The van der Waals surface area contributed by atoms with Gasteiger partial charge in [-0.2, -0.15) is 0 Å². The molecule has 2 rings (SSSR count). The first kappa shape index (κ1) is 10.6. The molecule has 15 heavy (non-hydrogen) atoms. The standard InChI is InChI=1S/C11H17NO3/c1-6(14)10-9-8(11(9,3)5-13)4-12(10)7(2)15/h8-10,13H,4-5H2,1-3H3/t8-,9?,10+,11-/m0/s1. The highest BCUT2D eigenvalue weighted by atomic mass is 16.3. The first-order valence-electron chi connectivity index (χ1n) is 5.32. The average molecular weight is 211 g/mol. The second-order valence-corrected chi connectivity index (χ2v) is 5.02. The number of Topliss-reactive ketones (excluding diaryl/α,β-unsaturated/α-hetero) is 1. The molecule has 1 aliphatic heterocycles. The van der Waals surface area contributed by atoms with Crippen LogP contribution in [-0.4, -0.2) is 40.9 Å². The number of carbonyl (C=O) groups is 2. The van der Waals surface area contributed by atoms with Gasteiger partial charge < -0.3 is 10.0 Å². The van der Waals surface area contributed by atoms with E-state index in [0.29, 0.717) is 12.5 Å². The van der Waals surface area contributed by atoms with E-state index in [1.165, 1.54) is 13.8 Å². The number of nitrogens with zero attached hydrogens (tertiary/aromatic N) is 1. The normalized spacial score (nSPS) is 42.7. The molecule has 1 heterocycles. The number of likely N-dealkylation sites (tertiary alicyclic amines) is 1. The summed E-state index contributed by atoms with van der Waals surface area (Å²) < 4.78 is 0. The van der Waals surface area contributed by atoms with Crippen LogP contribution < -0.4 is 0 Å². The number of piperidine rings is 1. The fraction of sp³-hybridized carbons (Fsp3) is 0.818. The lowest BCUT2D eigenvalue weighted by molar-refractivity contribution is -0.137. The minimum atomic E-state index is -0.301. The summed E-state index contributed by atoms with van der Waals surface area (Å²) in [5, 5.41) is 9.28. The Morgan fingerprint density at radius 2 is 2.07 bits per heavy atom. The van der Waals surface area contributed by atoms with Crippen LogP contribution in [0.25, 0.3) is 0 Å². The summed E-state index contributed by atoms with van der Waals surface area (Å²) >= 11 is 0. The number of carbonyl (C=O) groups excluding carboxylic acids is 2. The number of ketones is 1. The predicted molar refractivity (Wildman–Crippen MR) is 54.0 cm³/mol. The van der Waals surface area contributed by atoms with Crippen LogP contribution in [0, 0.1) is 17.3 Å². The SMILES string of the molecule is CC(=O)[C@@H]1C2[C@H](CN1C(C)=O)[C@]2(C)CO. The number of aliphatic hydroxyl groups is 1. The van der Waals surface area contributed by atoms with E-state index in [2.05, 4.69) is 0 Å². The van der Waals surface area contributed by atoms with Gasteiger partial charge in [-0.1, -0.05) is 6.92 Å². The Bertz CT molecular complexity index is 328. The van der Waals surface area contributed by atoms with Gasteiger partial charge >= 0.3 is 0 Å². The van der Waals surface area contributed by atoms with Crippen molar-refractivity contribution in [2.45, 2.75) is 26.8 Å². The summed E-state index contributed by atoms with van der Waals surface area (Å²) in [7, 11) is 0. The molecular weight excluding hydrogens is 194 g/mol. The van der Waals surface area contributed by atoms with E-state index in [4.69, 9.17) is 0 Å². The highest BCUT2D eigenvalue weighted by Crippen LogP contribution is 2.64. The Labute approximate surface area is 89.3 Å². The summed E-state index contributed by atoms with van der Waals surface area (Å²) in [6, 6.07) is -0.301. The second kappa shape index (κ2) is 3.04. The Hall–Kier alpha value is -0.900. The first-order chi connectivity index (χ1) is 6.93. The lowest BCUT2D eigenvalue weighted by Crippen LogP contribution is -2.44. The number of amides is 1. The number of fused-ring (bicyclic) bond motifs is 1. The number of aliphatic hydroxyl groups excluding tert-OH is 1. The van der Waals surface area contributed by atoms with E-state index in [0.717, 1.165) is 0 Å². The van der Waals surface area contributed by atoms with Crippen LogP contribution in [0.1, 0.15) is 20.8 Å². The summed E-state index contributed by atoms with van der Waals surface area (Å²) in [4.78, 5) is 24.5. The maximum Gasteiger partial charge on any atom is 0.220 e. The minimum absolute atomic E-state index is 0.0369. The first-order valence-corrected chi connectivity index (χ1v) is 5.32. The molecule has 0 spiro atoms. The highest BCUT2D eigenvalue weighted by Gasteiger charge is 2.70. The molecule has 4 atom stereocenters. The van der Waals surface area contributed by atoms with Gasteiger partial charge in [0.2, 0.25) is 5.91 Å². The molecule has 1 unspecified atom stereocenters. The summed E-state index contributed by atoms with van der Waals surface area (Å²) in [5.74, 6) is 0.474. The maximum absolute atomic E-state index is 11.5. The third-order valence-electron chi connectivity index (χ3n) is 4.16. The Balaban J connectivity index is 2.22. The van der Waals surface area contributed by atoms with Crippen molar-refractivity contribution in [1.29, 1.82) is 0 Å². The lowest BCUT2D eigenvalue weighted by Gasteiger charge is -2.28. The molecule has 84 valence electrons. The van der Waals surface area contributed by atoms with Gasteiger partial charge in [-0.15, -0.1) is 0 Å². The van der Waals surface area contributed by atoms with Crippen molar-refractivity contribution < 1.29 is 14.7 Å². The van der Waals surface area contributed by atoms with E-state index in [1.54, 1.807) is 4.90 Å². The van der Waals surface area contributed by atoms with Crippen LogP contribution >= 0.6 is 0 Å². The minimum Gasteiger partial charge on any atom is -0.396 e. The van der Waals surface area contributed by atoms with Crippen LogP contribution in [0.4, 0.5) is 0 Å². The van der Waals surface area contributed by atoms with E-state index < -0.39 is 0 Å². The number of rotatable bonds is 2. The number of hydrogen-bond donors (Lipinski definition) is 1. The van der Waals surface area contributed by atoms with Crippen molar-refractivity contribution in [3.05, 3.63) is 0 Å². The van der Waals surface area contributed by atoms with Crippen molar-refractivity contribution in [2.75, 3.05) is 13.2 Å². The van der Waals surface area contributed by atoms with Gasteiger partial charge in [-0.3, -0.25) is 9.59 Å². The smallest absolute Gasteiger partial charge is 0.220 e. The van der Waals surface area contributed by atoms with Gasteiger partial charge in [0, 0.05) is 25.5 Å². The predicted octanol–water partition coefficient (Wildman–Crippen LogP) is 0.0507. The molecule has 1 saturated heterocycles. The van der Waals surface area contributed by atoms with Crippen LogP contribution in [0.3, 0.4) is 0 Å². The lowest BCUT2D eigenvalue weighted by atomic mass is 9.97. The molecule has 1 amide bonds. The van der Waals surface area contributed by atoms with Crippen molar-refractivity contribution in [1.82, 2.24) is 4.90 Å². The Kier molecular flexibility index (Phi) is 2.15. The zero-order valence-electron chi connectivity index (χ0n) is 9.36. The zero-order valence-corrected chi connectivity index (χ0v) is 9.36. The number of hydrogen-bond acceptors (Lipinski definition) is 3. The molecule has 0 aromatic carbocycles. The molecule has 0 aromatic heterocycles. The van der Waals surface area contributed by atoms with E-state index in [9.17, 15) is 14.7 Å². The molecule has 2 fully saturated rings. The Morgan fingerprint density at radius 1 is 1.47 bits per heavy atom. The molecule has 1 aliphatic carbocycles. The summed E-state index contributed by atoms with van der Waals surface area (Å²) in [6.45, 7) is 5.75. The van der Waals surface area contributed by atoms with Crippen LogP contribution in [0.15, 0.2) is 0 Å². The van der Waals surface area contributed by atoms with Crippen LogP contribution in [-0.2, 0) is 9.59 Å². The van der Waals surface area contributed by atoms with Crippen molar-refractivity contribution >= 4 is 11.7 Å². The van der Waals surface area contributed by atoms with Gasteiger partial charge in [-0.05, 0) is 18.8 Å². The summed E-state index contributed by atoms with van der Waals surface area (Å²) in [5.41, 5.74) is -0.137. The van der Waals surface area contributed by atoms with E-state index >= 15 is 0 Å². The molecule has 0 radical (unpaired) electrons. The fourth-order valence-corrected chi connectivity index (χ4v) is 3.14. The van der Waals surface area contributed by atoms with Gasteiger partial charge in [0.15, 0.2) is 5.78 Å². The average Bonchev–Trinajstić information content (AvgIpc) is 2.61. The third-order valence-corrected chi connectivity index (χ3v) is 4.16. The highest BCUT2D eigenvalue weighted by molar-refractivity contribution is 5.88. The Morgan fingerprint density at radius 3 is 2.47 bits per heavy atom. The van der Waals surface area contributed by atoms with Crippen LogP contribution in [0.2, 0.25) is 0 Å². The quantitative estimate of drug-likeness (QED) is 0.702. The summed E-state index contributed by atoms with van der Waals surface area (Å²) in [6.07, 6.45) is 0.